The predicted octanol–water partition coefficient (Wildman–Crippen LogP) is 3.90. The summed E-state index contributed by atoms with van der Waals surface area (Å²) in [5, 5.41) is 0. The van der Waals surface area contributed by atoms with Crippen LogP contribution < -0.4 is 4.74 Å². The van der Waals surface area contributed by atoms with Crippen molar-refractivity contribution in [2.24, 2.45) is 0 Å². The fourth-order valence-corrected chi connectivity index (χ4v) is 4.17. The molecule has 1 aliphatic rings. The lowest BCUT2D eigenvalue weighted by molar-refractivity contribution is -0.136. The number of carbonyl (C=O) groups is 2. The molecule has 0 aromatic heterocycles. The van der Waals surface area contributed by atoms with E-state index < -0.39 is 5.60 Å². The normalized spacial score (nSPS) is 17.8. The van der Waals surface area contributed by atoms with Gasteiger partial charge in [-0.15, -0.1) is 0 Å². The van der Waals surface area contributed by atoms with E-state index in [1.54, 1.807) is 9.80 Å². The second kappa shape index (κ2) is 8.77. The first-order valence-corrected chi connectivity index (χ1v) is 10.3. The van der Waals surface area contributed by atoms with E-state index in [0.29, 0.717) is 25.4 Å². The van der Waals surface area contributed by atoms with Gasteiger partial charge in [0.1, 0.15) is 11.4 Å². The van der Waals surface area contributed by atoms with Crippen molar-refractivity contribution < 1.29 is 19.1 Å². The van der Waals surface area contributed by atoms with Crippen LogP contribution in [0.4, 0.5) is 4.79 Å². The van der Waals surface area contributed by atoms with Crippen molar-refractivity contribution in [1.29, 1.82) is 0 Å². The predicted molar refractivity (Wildman–Crippen MR) is 111 cm³/mol. The standard InChI is InChI=1S/C18H24BrIN2O4/c1-12-10-21(5-6-22(12)17(24)26-18(2,3)4)16(23)11-25-15-8-13(19)7-14(20)9-15/h7-9,12H,5-6,10-11H2,1-4H3/t12-/m1/s1. The van der Waals surface area contributed by atoms with E-state index in [9.17, 15) is 9.59 Å². The van der Waals surface area contributed by atoms with Crippen molar-refractivity contribution in [2.75, 3.05) is 26.2 Å². The Balaban J connectivity index is 1.87. The van der Waals surface area contributed by atoms with Crippen LogP contribution in [0.15, 0.2) is 22.7 Å². The molecular weight excluding hydrogens is 515 g/mol. The molecule has 1 aromatic rings. The SMILES string of the molecule is C[C@@H]1CN(C(=O)COc2cc(Br)cc(I)c2)CCN1C(=O)OC(C)(C)C. The Kier molecular flexibility index (Phi) is 7.18. The highest BCUT2D eigenvalue weighted by molar-refractivity contribution is 14.1. The van der Waals surface area contributed by atoms with Crippen LogP contribution in [0.5, 0.6) is 5.75 Å². The largest absolute Gasteiger partial charge is 0.484 e. The van der Waals surface area contributed by atoms with Crippen LogP contribution >= 0.6 is 38.5 Å². The Labute approximate surface area is 176 Å². The summed E-state index contributed by atoms with van der Waals surface area (Å²) in [6.07, 6.45) is -0.336. The Morgan fingerprint density at radius 2 is 1.96 bits per heavy atom. The summed E-state index contributed by atoms with van der Waals surface area (Å²) in [7, 11) is 0. The summed E-state index contributed by atoms with van der Waals surface area (Å²) in [6, 6.07) is 5.57. The van der Waals surface area contributed by atoms with Gasteiger partial charge >= 0.3 is 6.09 Å². The minimum Gasteiger partial charge on any atom is -0.484 e. The van der Waals surface area contributed by atoms with E-state index >= 15 is 0 Å². The van der Waals surface area contributed by atoms with Gasteiger partial charge in [-0.1, -0.05) is 15.9 Å². The van der Waals surface area contributed by atoms with Gasteiger partial charge < -0.3 is 19.3 Å². The van der Waals surface area contributed by atoms with E-state index in [0.717, 1.165) is 8.04 Å². The average molecular weight is 539 g/mol. The number of halogens is 2. The maximum absolute atomic E-state index is 12.4. The number of hydrogen-bond donors (Lipinski definition) is 0. The third kappa shape index (κ3) is 6.29. The number of carbonyl (C=O) groups excluding carboxylic acids is 2. The van der Waals surface area contributed by atoms with Gasteiger partial charge in [-0.25, -0.2) is 4.79 Å². The van der Waals surface area contributed by atoms with E-state index in [-0.39, 0.29) is 24.6 Å². The van der Waals surface area contributed by atoms with Crippen LogP contribution in [0.2, 0.25) is 0 Å². The molecule has 26 heavy (non-hydrogen) atoms. The summed E-state index contributed by atoms with van der Waals surface area (Å²) in [6.45, 7) is 8.82. The highest BCUT2D eigenvalue weighted by Gasteiger charge is 2.32. The molecule has 1 heterocycles. The Hall–Kier alpha value is -1.03. The van der Waals surface area contributed by atoms with Gasteiger partial charge in [-0.3, -0.25) is 4.79 Å². The molecule has 0 N–H and O–H groups in total. The fourth-order valence-electron chi connectivity index (χ4n) is 2.62. The molecule has 144 valence electrons. The van der Waals surface area contributed by atoms with Crippen LogP contribution in [-0.2, 0) is 9.53 Å². The summed E-state index contributed by atoms with van der Waals surface area (Å²) in [5.74, 6) is 0.563. The maximum Gasteiger partial charge on any atom is 0.410 e. The fraction of sp³-hybridized carbons (Fsp3) is 0.556. The average Bonchev–Trinajstić information content (AvgIpc) is 2.49. The van der Waals surface area contributed by atoms with Gasteiger partial charge in [0.15, 0.2) is 6.61 Å². The second-order valence-corrected chi connectivity index (χ2v) is 9.42. The topological polar surface area (TPSA) is 59.1 Å². The summed E-state index contributed by atoms with van der Waals surface area (Å²) >= 11 is 5.61. The molecule has 0 spiro atoms. The van der Waals surface area contributed by atoms with E-state index in [2.05, 4.69) is 38.5 Å². The lowest BCUT2D eigenvalue weighted by Gasteiger charge is -2.40. The molecule has 1 fully saturated rings. The van der Waals surface area contributed by atoms with Crippen molar-refractivity contribution in [1.82, 2.24) is 9.80 Å². The van der Waals surface area contributed by atoms with Crippen molar-refractivity contribution in [3.8, 4) is 5.75 Å². The molecule has 0 aliphatic carbocycles. The van der Waals surface area contributed by atoms with Gasteiger partial charge in [0, 0.05) is 33.7 Å². The number of rotatable bonds is 3. The lowest BCUT2D eigenvalue weighted by atomic mass is 10.2. The zero-order chi connectivity index (χ0) is 19.5. The van der Waals surface area contributed by atoms with Crippen LogP contribution in [0.3, 0.4) is 0 Å². The first-order valence-electron chi connectivity index (χ1n) is 8.41. The molecule has 8 heteroatoms. The Morgan fingerprint density at radius 1 is 1.27 bits per heavy atom. The van der Waals surface area contributed by atoms with Gasteiger partial charge in [0.05, 0.1) is 0 Å². The number of piperazine rings is 1. The van der Waals surface area contributed by atoms with Crippen molar-refractivity contribution in [2.45, 2.75) is 39.3 Å². The first kappa shape index (κ1) is 21.3. The first-order chi connectivity index (χ1) is 12.0. The molecular formula is C18H24BrIN2O4. The summed E-state index contributed by atoms with van der Waals surface area (Å²) < 4.78 is 13.0. The molecule has 0 saturated carbocycles. The molecule has 2 rings (SSSR count). The maximum atomic E-state index is 12.4. The molecule has 2 amide bonds. The van der Waals surface area contributed by atoms with Gasteiger partial charge in [-0.2, -0.15) is 0 Å². The zero-order valence-corrected chi connectivity index (χ0v) is 19.2. The Morgan fingerprint density at radius 3 is 2.54 bits per heavy atom. The minimum absolute atomic E-state index is 0.0221. The molecule has 0 bridgehead atoms. The van der Waals surface area contributed by atoms with Gasteiger partial charge in [0.2, 0.25) is 0 Å². The van der Waals surface area contributed by atoms with E-state index in [1.165, 1.54) is 0 Å². The highest BCUT2D eigenvalue weighted by atomic mass is 127. The third-order valence-electron chi connectivity index (χ3n) is 3.81. The van der Waals surface area contributed by atoms with Crippen molar-refractivity contribution in [3.63, 3.8) is 0 Å². The smallest absolute Gasteiger partial charge is 0.410 e. The lowest BCUT2D eigenvalue weighted by Crippen LogP contribution is -2.56. The van der Waals surface area contributed by atoms with Crippen LogP contribution in [0.1, 0.15) is 27.7 Å². The number of hydrogen-bond acceptors (Lipinski definition) is 4. The van der Waals surface area contributed by atoms with E-state index in [1.807, 2.05) is 45.9 Å². The van der Waals surface area contributed by atoms with Crippen molar-refractivity contribution >= 4 is 50.5 Å². The van der Waals surface area contributed by atoms with Gasteiger partial charge in [0.25, 0.3) is 5.91 Å². The molecule has 6 nitrogen and oxygen atoms in total. The highest BCUT2D eigenvalue weighted by Crippen LogP contribution is 2.23. The van der Waals surface area contributed by atoms with Crippen LogP contribution in [-0.4, -0.2) is 59.7 Å². The second-order valence-electron chi connectivity index (χ2n) is 7.26. The molecule has 1 aromatic carbocycles. The summed E-state index contributed by atoms with van der Waals surface area (Å²) in [5.41, 5.74) is -0.529. The third-order valence-corrected chi connectivity index (χ3v) is 4.89. The van der Waals surface area contributed by atoms with Gasteiger partial charge in [-0.05, 0) is 68.5 Å². The molecule has 0 radical (unpaired) electrons. The van der Waals surface area contributed by atoms with Crippen LogP contribution in [0.25, 0.3) is 0 Å². The number of benzene rings is 1. The zero-order valence-electron chi connectivity index (χ0n) is 15.4. The molecule has 1 saturated heterocycles. The van der Waals surface area contributed by atoms with Crippen LogP contribution in [0, 0.1) is 3.57 Å². The molecule has 0 unspecified atom stereocenters. The van der Waals surface area contributed by atoms with E-state index in [4.69, 9.17) is 9.47 Å². The Bertz CT molecular complexity index is 657. The number of amides is 2. The minimum atomic E-state index is -0.529. The number of nitrogens with zero attached hydrogens (tertiary/aromatic N) is 2. The molecule has 1 atom stereocenters. The quantitative estimate of drug-likeness (QED) is 0.548. The summed E-state index contributed by atoms with van der Waals surface area (Å²) in [4.78, 5) is 28.1. The van der Waals surface area contributed by atoms with Crippen molar-refractivity contribution in [3.05, 3.63) is 26.2 Å². The number of ether oxygens (including phenoxy) is 2. The molecule has 1 aliphatic heterocycles. The monoisotopic (exact) mass is 538 g/mol.